The van der Waals surface area contributed by atoms with Gasteiger partial charge in [-0.2, -0.15) is 5.10 Å². The number of carbonyl (C=O) groups excluding carboxylic acids is 2. The standard InChI is InChI=1S/C28H37N5O2/c1-19(2)17-32(27(35)29-22-10-8-9-21(4)15-22)18-26(34)30-25-16-24(28(5,6)7)31-33(25)23-13-11-20(3)12-14-23/h8-16,19H,17-18H2,1-7H3,(H,29,35)(H,30,34). The van der Waals surface area contributed by atoms with Crippen molar-refractivity contribution in [3.05, 3.63) is 71.4 Å². The first-order valence-electron chi connectivity index (χ1n) is 12.0. The highest BCUT2D eigenvalue weighted by atomic mass is 16.2. The molecule has 7 nitrogen and oxygen atoms in total. The van der Waals surface area contributed by atoms with Crippen molar-refractivity contribution < 1.29 is 9.59 Å². The minimum atomic E-state index is -0.304. The Kier molecular flexibility index (Phi) is 7.99. The first kappa shape index (κ1) is 26.0. The van der Waals surface area contributed by atoms with Crippen molar-refractivity contribution in [2.24, 2.45) is 5.92 Å². The maximum absolute atomic E-state index is 13.1. The van der Waals surface area contributed by atoms with E-state index in [1.165, 1.54) is 0 Å². The number of aryl methyl sites for hydroxylation is 2. The lowest BCUT2D eigenvalue weighted by molar-refractivity contribution is -0.116. The van der Waals surface area contributed by atoms with E-state index in [1.807, 2.05) is 82.3 Å². The number of aromatic nitrogens is 2. The van der Waals surface area contributed by atoms with E-state index in [4.69, 9.17) is 5.10 Å². The van der Waals surface area contributed by atoms with Gasteiger partial charge in [-0.3, -0.25) is 4.79 Å². The molecule has 0 bridgehead atoms. The van der Waals surface area contributed by atoms with Gasteiger partial charge in [0.2, 0.25) is 5.91 Å². The predicted molar refractivity (Wildman–Crippen MR) is 142 cm³/mol. The molecule has 0 radical (unpaired) electrons. The molecule has 0 spiro atoms. The van der Waals surface area contributed by atoms with E-state index in [1.54, 1.807) is 9.58 Å². The maximum atomic E-state index is 13.1. The van der Waals surface area contributed by atoms with E-state index >= 15 is 0 Å². The van der Waals surface area contributed by atoms with Crippen LogP contribution in [-0.4, -0.2) is 39.7 Å². The molecule has 1 heterocycles. The van der Waals surface area contributed by atoms with Crippen molar-refractivity contribution >= 4 is 23.4 Å². The molecule has 0 fully saturated rings. The summed E-state index contributed by atoms with van der Waals surface area (Å²) in [5.74, 6) is 0.503. The Morgan fingerprint density at radius 3 is 2.26 bits per heavy atom. The predicted octanol–water partition coefficient (Wildman–Crippen LogP) is 5.92. The van der Waals surface area contributed by atoms with Crippen LogP contribution < -0.4 is 10.6 Å². The topological polar surface area (TPSA) is 79.3 Å². The van der Waals surface area contributed by atoms with E-state index in [0.29, 0.717) is 18.1 Å². The fourth-order valence-electron chi connectivity index (χ4n) is 3.66. The molecule has 1 aromatic heterocycles. The van der Waals surface area contributed by atoms with Gasteiger partial charge in [0.15, 0.2) is 0 Å². The molecule has 0 unspecified atom stereocenters. The number of amides is 3. The van der Waals surface area contributed by atoms with Gasteiger partial charge in [-0.15, -0.1) is 0 Å². The summed E-state index contributed by atoms with van der Waals surface area (Å²) in [6.07, 6.45) is 0. The van der Waals surface area contributed by atoms with Crippen molar-refractivity contribution in [3.8, 4) is 5.69 Å². The molecule has 0 aliphatic carbocycles. The van der Waals surface area contributed by atoms with Crippen LogP contribution in [0.5, 0.6) is 0 Å². The van der Waals surface area contributed by atoms with Crippen LogP contribution in [0.2, 0.25) is 0 Å². The first-order chi connectivity index (χ1) is 16.4. The van der Waals surface area contributed by atoms with E-state index in [9.17, 15) is 9.59 Å². The minimum absolute atomic E-state index is 0.0697. The molecule has 2 N–H and O–H groups in total. The molecule has 3 rings (SSSR count). The molecule has 0 aliphatic rings. The molecule has 186 valence electrons. The monoisotopic (exact) mass is 475 g/mol. The second-order valence-electron chi connectivity index (χ2n) is 10.5. The van der Waals surface area contributed by atoms with Crippen LogP contribution in [0, 0.1) is 19.8 Å². The van der Waals surface area contributed by atoms with Crippen LogP contribution in [-0.2, 0) is 10.2 Å². The maximum Gasteiger partial charge on any atom is 0.322 e. The van der Waals surface area contributed by atoms with Crippen molar-refractivity contribution in [2.45, 2.75) is 53.9 Å². The van der Waals surface area contributed by atoms with Crippen LogP contribution in [0.3, 0.4) is 0 Å². The Hall–Kier alpha value is -3.61. The Morgan fingerprint density at radius 2 is 1.66 bits per heavy atom. The van der Waals surface area contributed by atoms with E-state index in [-0.39, 0.29) is 29.8 Å². The number of nitrogens with one attached hydrogen (secondary N) is 2. The van der Waals surface area contributed by atoms with Gasteiger partial charge < -0.3 is 15.5 Å². The number of rotatable bonds is 7. The molecular formula is C28H37N5O2. The number of nitrogens with zero attached hydrogens (tertiary/aromatic N) is 3. The molecule has 3 aromatic rings. The van der Waals surface area contributed by atoms with Crippen molar-refractivity contribution in [2.75, 3.05) is 23.7 Å². The van der Waals surface area contributed by atoms with Gasteiger partial charge in [-0.05, 0) is 49.6 Å². The Balaban J connectivity index is 1.81. The van der Waals surface area contributed by atoms with Crippen LogP contribution in [0.25, 0.3) is 5.69 Å². The molecule has 0 atom stereocenters. The molecule has 0 saturated heterocycles. The summed E-state index contributed by atoms with van der Waals surface area (Å²) < 4.78 is 1.75. The molecule has 7 heteroatoms. The van der Waals surface area contributed by atoms with Crippen molar-refractivity contribution in [1.82, 2.24) is 14.7 Å². The fourth-order valence-corrected chi connectivity index (χ4v) is 3.66. The number of carbonyl (C=O) groups is 2. The SMILES string of the molecule is Cc1ccc(-n2nc(C(C)(C)C)cc2NC(=O)CN(CC(C)C)C(=O)Nc2cccc(C)c2)cc1. The quantitative estimate of drug-likeness (QED) is 0.445. The largest absolute Gasteiger partial charge is 0.322 e. The highest BCUT2D eigenvalue weighted by Crippen LogP contribution is 2.26. The van der Waals surface area contributed by atoms with E-state index < -0.39 is 0 Å². The van der Waals surface area contributed by atoms with Gasteiger partial charge in [-0.25, -0.2) is 9.48 Å². The first-order valence-corrected chi connectivity index (χ1v) is 12.0. The smallest absolute Gasteiger partial charge is 0.315 e. The van der Waals surface area contributed by atoms with Gasteiger partial charge in [0, 0.05) is 23.7 Å². The molecule has 2 aromatic carbocycles. The number of anilines is 2. The van der Waals surface area contributed by atoms with Gasteiger partial charge in [0.05, 0.1) is 11.4 Å². The highest BCUT2D eigenvalue weighted by Gasteiger charge is 2.23. The minimum Gasteiger partial charge on any atom is -0.315 e. The van der Waals surface area contributed by atoms with Crippen molar-refractivity contribution in [1.29, 1.82) is 0 Å². The summed E-state index contributed by atoms with van der Waals surface area (Å²) in [5.41, 5.74) is 4.44. The Bertz CT molecular complexity index is 1170. The number of hydrogen-bond donors (Lipinski definition) is 2. The molecule has 3 amide bonds. The average molecular weight is 476 g/mol. The summed E-state index contributed by atoms with van der Waals surface area (Å²) in [6.45, 7) is 14.7. The third-order valence-corrected chi connectivity index (χ3v) is 5.50. The zero-order chi connectivity index (χ0) is 25.8. The highest BCUT2D eigenvalue weighted by molar-refractivity contribution is 5.96. The van der Waals surface area contributed by atoms with E-state index in [0.717, 1.165) is 22.5 Å². The van der Waals surface area contributed by atoms with Crippen LogP contribution in [0.4, 0.5) is 16.3 Å². The number of urea groups is 1. The van der Waals surface area contributed by atoms with Gasteiger partial charge in [-0.1, -0.05) is 64.4 Å². The van der Waals surface area contributed by atoms with Gasteiger partial charge in [0.1, 0.15) is 12.4 Å². The normalized spacial score (nSPS) is 11.4. The fraction of sp³-hybridized carbons (Fsp3) is 0.393. The Labute approximate surface area is 208 Å². The zero-order valence-corrected chi connectivity index (χ0v) is 21.8. The van der Waals surface area contributed by atoms with Crippen LogP contribution in [0.15, 0.2) is 54.6 Å². The third kappa shape index (κ3) is 7.18. The molecule has 35 heavy (non-hydrogen) atoms. The van der Waals surface area contributed by atoms with Gasteiger partial charge >= 0.3 is 6.03 Å². The van der Waals surface area contributed by atoms with Gasteiger partial charge in [0.25, 0.3) is 0 Å². The van der Waals surface area contributed by atoms with E-state index in [2.05, 4.69) is 31.4 Å². The summed E-state index contributed by atoms with van der Waals surface area (Å²) in [4.78, 5) is 27.7. The zero-order valence-electron chi connectivity index (χ0n) is 21.8. The summed E-state index contributed by atoms with van der Waals surface area (Å²) in [5, 5.41) is 10.7. The summed E-state index contributed by atoms with van der Waals surface area (Å²) in [6, 6.07) is 17.2. The lowest BCUT2D eigenvalue weighted by Gasteiger charge is -2.24. The second kappa shape index (κ2) is 10.8. The molecule has 0 aliphatic heterocycles. The lowest BCUT2D eigenvalue weighted by Crippen LogP contribution is -2.42. The lowest BCUT2D eigenvalue weighted by atomic mass is 9.92. The molecular weight excluding hydrogens is 438 g/mol. The molecule has 0 saturated carbocycles. The summed E-state index contributed by atoms with van der Waals surface area (Å²) >= 11 is 0. The number of benzene rings is 2. The average Bonchev–Trinajstić information content (AvgIpc) is 3.17. The van der Waals surface area contributed by atoms with Crippen LogP contribution in [0.1, 0.15) is 51.4 Å². The Morgan fingerprint density at radius 1 is 0.971 bits per heavy atom. The second-order valence-corrected chi connectivity index (χ2v) is 10.5. The number of hydrogen-bond acceptors (Lipinski definition) is 3. The van der Waals surface area contributed by atoms with Crippen molar-refractivity contribution in [3.63, 3.8) is 0 Å². The van der Waals surface area contributed by atoms with Crippen LogP contribution >= 0.6 is 0 Å². The summed E-state index contributed by atoms with van der Waals surface area (Å²) in [7, 11) is 0. The third-order valence-electron chi connectivity index (χ3n) is 5.50.